The van der Waals surface area contributed by atoms with Crippen LogP contribution in [0, 0.1) is 0 Å². The van der Waals surface area contributed by atoms with Gasteiger partial charge in [-0.05, 0) is 38.6 Å². The van der Waals surface area contributed by atoms with E-state index in [-0.39, 0.29) is 0 Å². The molecule has 0 saturated carbocycles. The fourth-order valence-corrected chi connectivity index (χ4v) is 3.59. The Hall–Kier alpha value is -0.940. The minimum absolute atomic E-state index is 0.579. The van der Waals surface area contributed by atoms with Crippen molar-refractivity contribution < 1.29 is 5.11 Å². The highest BCUT2D eigenvalue weighted by Crippen LogP contribution is 2.34. The Morgan fingerprint density at radius 3 is 3.21 bits per heavy atom. The van der Waals surface area contributed by atoms with E-state index in [0.717, 1.165) is 38.2 Å². The van der Waals surface area contributed by atoms with E-state index in [1.54, 1.807) is 6.33 Å². The average molecular weight is 264 g/mol. The predicted octanol–water partition coefficient (Wildman–Crippen LogP) is 1.22. The maximum absolute atomic E-state index is 10.9. The summed E-state index contributed by atoms with van der Waals surface area (Å²) in [6.45, 7) is 5.27. The molecule has 0 amide bonds. The molecule has 106 valence electrons. The van der Waals surface area contributed by atoms with Gasteiger partial charge in [0, 0.05) is 25.6 Å². The quantitative estimate of drug-likeness (QED) is 0.888. The Morgan fingerprint density at radius 2 is 2.37 bits per heavy atom. The molecule has 1 N–H and O–H groups in total. The second-order valence-corrected chi connectivity index (χ2v) is 6.09. The van der Waals surface area contributed by atoms with Gasteiger partial charge in [-0.3, -0.25) is 4.68 Å². The zero-order chi connectivity index (χ0) is 13.3. The molecule has 0 bridgehead atoms. The molecule has 0 aromatic carbocycles. The van der Waals surface area contributed by atoms with Gasteiger partial charge in [0.25, 0.3) is 0 Å². The normalized spacial score (nSPS) is 31.6. The second kappa shape index (κ2) is 5.21. The van der Waals surface area contributed by atoms with Crippen LogP contribution >= 0.6 is 0 Å². The van der Waals surface area contributed by atoms with Gasteiger partial charge in [0.05, 0.1) is 5.60 Å². The van der Waals surface area contributed by atoms with Crippen LogP contribution in [0.3, 0.4) is 0 Å². The number of aliphatic hydroxyl groups is 1. The first kappa shape index (κ1) is 13.1. The Kier molecular flexibility index (Phi) is 3.58. The van der Waals surface area contributed by atoms with Crippen molar-refractivity contribution in [1.82, 2.24) is 19.7 Å². The van der Waals surface area contributed by atoms with Gasteiger partial charge in [-0.15, -0.1) is 0 Å². The van der Waals surface area contributed by atoms with Crippen LogP contribution in [0.25, 0.3) is 0 Å². The molecule has 2 saturated heterocycles. The Bertz CT molecular complexity index is 433. The van der Waals surface area contributed by atoms with Crippen LogP contribution in [0.4, 0.5) is 0 Å². The maximum Gasteiger partial charge on any atom is 0.138 e. The van der Waals surface area contributed by atoms with Crippen molar-refractivity contribution in [2.24, 2.45) is 0 Å². The van der Waals surface area contributed by atoms with Gasteiger partial charge < -0.3 is 10.0 Å². The monoisotopic (exact) mass is 264 g/mol. The summed E-state index contributed by atoms with van der Waals surface area (Å²) in [6, 6.07) is 0.585. The number of hydrogen-bond donors (Lipinski definition) is 1. The maximum atomic E-state index is 10.9. The molecule has 0 aliphatic carbocycles. The third-order valence-corrected chi connectivity index (χ3v) is 4.60. The molecule has 3 rings (SSSR count). The molecule has 1 aromatic rings. The summed E-state index contributed by atoms with van der Waals surface area (Å²) in [7, 11) is 0. The molecule has 5 heteroatoms. The molecular weight excluding hydrogens is 240 g/mol. The van der Waals surface area contributed by atoms with E-state index in [4.69, 9.17) is 0 Å². The number of aromatic nitrogens is 3. The molecule has 0 spiro atoms. The topological polar surface area (TPSA) is 54.2 Å². The number of rotatable bonds is 4. The van der Waals surface area contributed by atoms with E-state index in [9.17, 15) is 5.11 Å². The summed E-state index contributed by atoms with van der Waals surface area (Å²) in [5, 5.41) is 15.1. The SMILES string of the molecule is CCCn1ncnc1CC1(O)CCN2CCCC2C1. The molecule has 1 aromatic heterocycles. The fourth-order valence-electron chi connectivity index (χ4n) is 3.59. The minimum atomic E-state index is -0.579. The molecule has 2 aliphatic heterocycles. The Balaban J connectivity index is 1.69. The smallest absolute Gasteiger partial charge is 0.138 e. The van der Waals surface area contributed by atoms with Gasteiger partial charge in [0.2, 0.25) is 0 Å². The highest BCUT2D eigenvalue weighted by atomic mass is 16.3. The first-order chi connectivity index (χ1) is 9.20. The Labute approximate surface area is 114 Å². The van der Waals surface area contributed by atoms with E-state index in [1.807, 2.05) is 4.68 Å². The number of piperidine rings is 1. The summed E-state index contributed by atoms with van der Waals surface area (Å²) < 4.78 is 1.94. The van der Waals surface area contributed by atoms with E-state index in [2.05, 4.69) is 21.9 Å². The van der Waals surface area contributed by atoms with Gasteiger partial charge in [-0.1, -0.05) is 6.92 Å². The summed E-state index contributed by atoms with van der Waals surface area (Å²) >= 11 is 0. The van der Waals surface area contributed by atoms with E-state index in [1.165, 1.54) is 19.4 Å². The number of fused-ring (bicyclic) bond motifs is 1. The van der Waals surface area contributed by atoms with Gasteiger partial charge in [0.15, 0.2) is 0 Å². The minimum Gasteiger partial charge on any atom is -0.389 e. The van der Waals surface area contributed by atoms with Crippen molar-refractivity contribution in [3.8, 4) is 0 Å². The van der Waals surface area contributed by atoms with Crippen LogP contribution in [-0.2, 0) is 13.0 Å². The van der Waals surface area contributed by atoms with Crippen LogP contribution in [-0.4, -0.2) is 49.5 Å². The zero-order valence-corrected chi connectivity index (χ0v) is 11.8. The highest BCUT2D eigenvalue weighted by Gasteiger charge is 2.40. The van der Waals surface area contributed by atoms with Crippen LogP contribution in [0.1, 0.15) is 44.9 Å². The molecule has 2 atom stereocenters. The molecule has 0 radical (unpaired) electrons. The Morgan fingerprint density at radius 1 is 1.47 bits per heavy atom. The molecular formula is C14H24N4O. The molecule has 5 nitrogen and oxygen atoms in total. The molecule has 2 unspecified atom stereocenters. The van der Waals surface area contributed by atoms with E-state index >= 15 is 0 Å². The first-order valence-electron chi connectivity index (χ1n) is 7.53. The largest absolute Gasteiger partial charge is 0.389 e. The molecule has 3 heterocycles. The molecule has 2 aliphatic rings. The highest BCUT2D eigenvalue weighted by molar-refractivity contribution is 5.01. The second-order valence-electron chi connectivity index (χ2n) is 6.09. The van der Waals surface area contributed by atoms with E-state index in [0.29, 0.717) is 12.5 Å². The fraction of sp³-hybridized carbons (Fsp3) is 0.857. The van der Waals surface area contributed by atoms with Gasteiger partial charge in [0.1, 0.15) is 12.2 Å². The summed E-state index contributed by atoms with van der Waals surface area (Å²) in [5.41, 5.74) is -0.579. The standard InChI is InChI=1S/C14H24N4O/c1-2-6-18-13(15-11-16-18)10-14(19)5-8-17-7-3-4-12(17)9-14/h11-12,19H,2-10H2,1H3. The number of nitrogens with zero attached hydrogens (tertiary/aromatic N) is 4. The van der Waals surface area contributed by atoms with Crippen molar-refractivity contribution in [3.63, 3.8) is 0 Å². The van der Waals surface area contributed by atoms with Gasteiger partial charge in [-0.25, -0.2) is 4.98 Å². The molecule has 2 fully saturated rings. The van der Waals surface area contributed by atoms with E-state index < -0.39 is 5.60 Å². The number of aryl methyl sites for hydroxylation is 1. The lowest BCUT2D eigenvalue weighted by atomic mass is 9.84. The van der Waals surface area contributed by atoms with Crippen LogP contribution in [0.2, 0.25) is 0 Å². The van der Waals surface area contributed by atoms with Crippen molar-refractivity contribution in [1.29, 1.82) is 0 Å². The van der Waals surface area contributed by atoms with Crippen molar-refractivity contribution in [2.75, 3.05) is 13.1 Å². The van der Waals surface area contributed by atoms with Crippen molar-refractivity contribution in [2.45, 2.75) is 63.6 Å². The zero-order valence-electron chi connectivity index (χ0n) is 11.8. The summed E-state index contributed by atoms with van der Waals surface area (Å²) in [4.78, 5) is 6.87. The van der Waals surface area contributed by atoms with Crippen molar-refractivity contribution in [3.05, 3.63) is 12.2 Å². The molecule has 19 heavy (non-hydrogen) atoms. The third-order valence-electron chi connectivity index (χ3n) is 4.60. The van der Waals surface area contributed by atoms with Crippen LogP contribution in [0.15, 0.2) is 6.33 Å². The van der Waals surface area contributed by atoms with Crippen LogP contribution < -0.4 is 0 Å². The van der Waals surface area contributed by atoms with Crippen LogP contribution in [0.5, 0.6) is 0 Å². The predicted molar refractivity (Wildman–Crippen MR) is 72.8 cm³/mol. The summed E-state index contributed by atoms with van der Waals surface area (Å²) in [6.07, 6.45) is 7.59. The van der Waals surface area contributed by atoms with Gasteiger partial charge in [-0.2, -0.15) is 5.10 Å². The van der Waals surface area contributed by atoms with Gasteiger partial charge >= 0.3 is 0 Å². The third kappa shape index (κ3) is 2.67. The lowest BCUT2D eigenvalue weighted by Gasteiger charge is -2.40. The van der Waals surface area contributed by atoms with Crippen molar-refractivity contribution >= 4 is 0 Å². The number of hydrogen-bond acceptors (Lipinski definition) is 4. The first-order valence-corrected chi connectivity index (χ1v) is 7.53. The average Bonchev–Trinajstić information content (AvgIpc) is 2.99. The lowest BCUT2D eigenvalue weighted by Crippen LogP contribution is -2.49. The summed E-state index contributed by atoms with van der Waals surface area (Å²) in [5.74, 6) is 0.941. The lowest BCUT2D eigenvalue weighted by molar-refractivity contribution is -0.0373.